The van der Waals surface area contributed by atoms with Gasteiger partial charge in [-0.05, 0) is 24.3 Å². The third kappa shape index (κ3) is 16.5. The van der Waals surface area contributed by atoms with Crippen LogP contribution in [0.2, 0.25) is 0 Å². The molecule has 0 aliphatic carbocycles. The molecule has 0 unspecified atom stereocenters. The van der Waals surface area contributed by atoms with Crippen LogP contribution >= 0.6 is 25.5 Å². The Morgan fingerprint density at radius 2 is 0.812 bits per heavy atom. The van der Waals surface area contributed by atoms with Gasteiger partial charge in [-0.1, -0.05) is 12.1 Å². The van der Waals surface area contributed by atoms with Crippen molar-refractivity contribution in [1.82, 2.24) is 9.97 Å². The van der Waals surface area contributed by atoms with Crippen molar-refractivity contribution in [2.45, 2.75) is 0 Å². The standard InChI is InChI=1S/2C5H5N.Bi.3ClH/c2*1-2-4-6-5-3-1;;;;/h2*1-5H;;3*1H/q;;+3;;;/p-3. The number of rotatable bonds is 0. The van der Waals surface area contributed by atoms with Crippen molar-refractivity contribution in [3.8, 4) is 0 Å². The van der Waals surface area contributed by atoms with E-state index in [0.29, 0.717) is 0 Å². The van der Waals surface area contributed by atoms with E-state index < -0.39 is 18.2 Å². The number of aromatic nitrogens is 2. The van der Waals surface area contributed by atoms with Crippen LogP contribution in [-0.4, -0.2) is 28.1 Å². The minimum Gasteiger partial charge on any atom is -0.265 e. The van der Waals surface area contributed by atoms with Gasteiger partial charge in [-0.25, -0.2) is 0 Å². The molecule has 0 spiro atoms. The van der Waals surface area contributed by atoms with E-state index in [1.54, 1.807) is 24.8 Å². The summed E-state index contributed by atoms with van der Waals surface area (Å²) in [6.07, 6.45) is 7.00. The fourth-order valence-corrected chi connectivity index (χ4v) is 0.625. The van der Waals surface area contributed by atoms with Gasteiger partial charge in [0.2, 0.25) is 0 Å². The molecule has 2 aromatic rings. The van der Waals surface area contributed by atoms with E-state index in [2.05, 4.69) is 9.97 Å². The van der Waals surface area contributed by atoms with Crippen molar-refractivity contribution in [2.75, 3.05) is 0 Å². The molecule has 0 saturated heterocycles. The van der Waals surface area contributed by atoms with E-state index in [1.807, 2.05) is 36.4 Å². The van der Waals surface area contributed by atoms with Gasteiger partial charge in [-0.2, -0.15) is 0 Å². The number of pyridine rings is 2. The van der Waals surface area contributed by atoms with Crippen molar-refractivity contribution in [3.63, 3.8) is 0 Å². The molecule has 0 fully saturated rings. The Balaban J connectivity index is 0.000000217. The molecule has 2 nitrogen and oxygen atoms in total. The first-order valence-corrected chi connectivity index (χ1v) is 17.0. The Morgan fingerprint density at radius 1 is 0.562 bits per heavy atom. The van der Waals surface area contributed by atoms with E-state index in [9.17, 15) is 0 Å². The summed E-state index contributed by atoms with van der Waals surface area (Å²) in [5.41, 5.74) is 0. The van der Waals surface area contributed by atoms with Crippen molar-refractivity contribution in [1.29, 1.82) is 0 Å². The maximum atomic E-state index is 5.01. The Hall–Kier alpha value is 0.0531. The maximum absolute atomic E-state index is 5.01. The van der Waals surface area contributed by atoms with Crippen molar-refractivity contribution >= 4 is 43.7 Å². The fourth-order valence-electron chi connectivity index (χ4n) is 0.625. The smallest absolute Gasteiger partial charge is 0.0267 e. The van der Waals surface area contributed by atoms with E-state index >= 15 is 0 Å². The maximum Gasteiger partial charge on any atom is 0.0267 e. The molecule has 0 saturated carbocycles. The number of nitrogens with zero attached hydrogens (tertiary/aromatic N) is 2. The zero-order chi connectivity index (χ0) is 12.1. The molecule has 0 radical (unpaired) electrons. The van der Waals surface area contributed by atoms with E-state index in [4.69, 9.17) is 25.5 Å². The van der Waals surface area contributed by atoms with Crippen molar-refractivity contribution in [3.05, 3.63) is 61.2 Å². The molecule has 2 heterocycles. The van der Waals surface area contributed by atoms with Crippen LogP contribution in [0.3, 0.4) is 0 Å². The Morgan fingerprint density at radius 3 is 0.875 bits per heavy atom. The fraction of sp³-hybridized carbons (Fsp3) is 0. The molecular weight excluding hydrogens is 463 g/mol. The van der Waals surface area contributed by atoms with Crippen LogP contribution in [0.1, 0.15) is 0 Å². The minimum absolute atomic E-state index is 1.75. The summed E-state index contributed by atoms with van der Waals surface area (Å²) in [7, 11) is 15.0. The second-order valence-corrected chi connectivity index (χ2v) is 17.2. The normalized spacial score (nSPS) is 8.25. The van der Waals surface area contributed by atoms with Crippen LogP contribution in [0.25, 0.3) is 0 Å². The molecule has 0 N–H and O–H groups in total. The first kappa shape index (κ1) is 16.1. The molecular formula is C10H10BiCl3N2. The molecule has 0 bridgehead atoms. The predicted octanol–water partition coefficient (Wildman–Crippen LogP) is 3.85. The zero-order valence-electron chi connectivity index (χ0n) is 8.25. The van der Waals surface area contributed by atoms with E-state index in [1.165, 1.54) is 0 Å². The van der Waals surface area contributed by atoms with Crippen LogP contribution in [-0.2, 0) is 0 Å². The van der Waals surface area contributed by atoms with Crippen LogP contribution in [0.15, 0.2) is 61.2 Å². The summed E-state index contributed by atoms with van der Waals surface area (Å²) < 4.78 is 0. The average molecular weight is 474 g/mol. The van der Waals surface area contributed by atoms with Gasteiger partial charge in [0.15, 0.2) is 0 Å². The second-order valence-electron chi connectivity index (χ2n) is 2.24. The topological polar surface area (TPSA) is 25.8 Å². The van der Waals surface area contributed by atoms with Crippen LogP contribution in [0.5, 0.6) is 0 Å². The van der Waals surface area contributed by atoms with Gasteiger partial charge in [0.1, 0.15) is 0 Å². The van der Waals surface area contributed by atoms with Gasteiger partial charge < -0.3 is 0 Å². The van der Waals surface area contributed by atoms with Gasteiger partial charge in [0, 0.05) is 24.8 Å². The summed E-state index contributed by atoms with van der Waals surface area (Å²) in [5, 5.41) is 0. The van der Waals surface area contributed by atoms with Gasteiger partial charge >= 0.3 is 43.7 Å². The van der Waals surface area contributed by atoms with E-state index in [0.717, 1.165) is 0 Å². The molecule has 0 amide bonds. The molecule has 86 valence electrons. The molecule has 2 aromatic heterocycles. The van der Waals surface area contributed by atoms with Gasteiger partial charge in [0.05, 0.1) is 0 Å². The van der Waals surface area contributed by atoms with Crippen LogP contribution in [0, 0.1) is 0 Å². The third-order valence-corrected chi connectivity index (χ3v) is 1.13. The molecule has 16 heavy (non-hydrogen) atoms. The van der Waals surface area contributed by atoms with Crippen molar-refractivity contribution < 1.29 is 0 Å². The SMILES string of the molecule is [Cl][Bi]([Cl])[Cl].c1ccncc1.c1ccncc1. The predicted molar refractivity (Wildman–Crippen MR) is 71.8 cm³/mol. The Labute approximate surface area is 114 Å². The summed E-state index contributed by atoms with van der Waals surface area (Å²) in [4.78, 5) is 7.57. The first-order valence-electron chi connectivity index (χ1n) is 4.21. The number of hydrogen-bond donors (Lipinski definition) is 0. The summed E-state index contributed by atoms with van der Waals surface area (Å²) in [6, 6.07) is 11.4. The minimum atomic E-state index is -2.18. The van der Waals surface area contributed by atoms with Gasteiger partial charge in [-0.15, -0.1) is 0 Å². The molecule has 0 atom stereocenters. The quantitative estimate of drug-likeness (QED) is 0.544. The van der Waals surface area contributed by atoms with Crippen LogP contribution < -0.4 is 0 Å². The first-order chi connectivity index (χ1) is 7.73. The summed E-state index contributed by atoms with van der Waals surface area (Å²) >= 11 is -2.18. The molecule has 2 rings (SSSR count). The third-order valence-electron chi connectivity index (χ3n) is 1.13. The Kier molecular flexibility index (Phi) is 13.2. The molecule has 0 aliphatic heterocycles. The molecule has 0 aliphatic rings. The number of halogens is 3. The van der Waals surface area contributed by atoms with E-state index in [-0.39, 0.29) is 0 Å². The molecule has 6 heteroatoms. The average Bonchev–Trinajstić information content (AvgIpc) is 2.34. The number of hydrogen-bond acceptors (Lipinski definition) is 2. The molecule has 0 aromatic carbocycles. The van der Waals surface area contributed by atoms with Crippen LogP contribution in [0.4, 0.5) is 0 Å². The van der Waals surface area contributed by atoms with Gasteiger partial charge in [0.25, 0.3) is 0 Å². The summed E-state index contributed by atoms with van der Waals surface area (Å²) in [5.74, 6) is 0. The monoisotopic (exact) mass is 472 g/mol. The summed E-state index contributed by atoms with van der Waals surface area (Å²) in [6.45, 7) is 0. The largest absolute Gasteiger partial charge is 0.265 e. The van der Waals surface area contributed by atoms with Crippen molar-refractivity contribution in [2.24, 2.45) is 0 Å². The zero-order valence-corrected chi connectivity index (χ0v) is 14.0. The Bertz CT molecular complexity index is 234. The second kappa shape index (κ2) is 13.1. The van der Waals surface area contributed by atoms with Gasteiger partial charge in [-0.3, -0.25) is 9.97 Å².